The molecule has 0 aliphatic heterocycles. The Kier molecular flexibility index (Phi) is 2.45. The summed E-state index contributed by atoms with van der Waals surface area (Å²) in [6.45, 7) is 0. The number of nitro benzene ring substituents is 1. The average Bonchev–Trinajstić information content (AvgIpc) is 2.40. The van der Waals surface area contributed by atoms with Crippen molar-refractivity contribution in [2.75, 3.05) is 0 Å². The number of benzene rings is 1. The fourth-order valence-corrected chi connectivity index (χ4v) is 2.42. The molecule has 6 heteroatoms. The normalized spacial score (nSPS) is 14.4. The van der Waals surface area contributed by atoms with Crippen molar-refractivity contribution in [1.82, 2.24) is 0 Å². The van der Waals surface area contributed by atoms with Gasteiger partial charge in [0.25, 0.3) is 5.69 Å². The lowest BCUT2D eigenvalue weighted by Crippen LogP contribution is -2.16. The van der Waals surface area contributed by atoms with Gasteiger partial charge in [-0.2, -0.15) is 0 Å². The average molecular weight is 259 g/mol. The first-order valence-electron chi connectivity index (χ1n) is 5.85. The number of hydrogen-bond donors (Lipinski definition) is 0. The summed E-state index contributed by atoms with van der Waals surface area (Å²) in [7, 11) is 0. The third-order valence-corrected chi connectivity index (χ3v) is 3.31. The highest BCUT2D eigenvalue weighted by atomic mass is 16.6. The second kappa shape index (κ2) is 4.01. The third-order valence-electron chi connectivity index (χ3n) is 3.31. The van der Waals surface area contributed by atoms with Crippen LogP contribution in [0.2, 0.25) is 0 Å². The van der Waals surface area contributed by atoms with Crippen LogP contribution in [-0.4, -0.2) is 10.7 Å². The molecule has 0 fully saturated rings. The number of aryl methyl sites for hydroxylation is 1. The van der Waals surface area contributed by atoms with E-state index in [2.05, 4.69) is 0 Å². The molecule has 1 aromatic carbocycles. The predicted octanol–water partition coefficient (Wildman–Crippen LogP) is 2.22. The number of carbonyl (C=O) groups excluding carboxylic acids is 1. The fraction of sp³-hybridized carbons (Fsp3) is 0.231. The number of rotatable bonds is 1. The number of nitrogens with zero attached hydrogens (tertiary/aromatic N) is 1. The molecule has 19 heavy (non-hydrogen) atoms. The highest BCUT2D eigenvalue weighted by Gasteiger charge is 2.24. The molecule has 0 spiro atoms. The van der Waals surface area contributed by atoms with Crippen molar-refractivity contribution in [3.63, 3.8) is 0 Å². The van der Waals surface area contributed by atoms with E-state index in [0.717, 1.165) is 0 Å². The fourth-order valence-electron chi connectivity index (χ4n) is 2.42. The molecular formula is C13H9NO5. The molecule has 0 amide bonds. The van der Waals surface area contributed by atoms with Crippen LogP contribution in [0.15, 0.2) is 27.4 Å². The zero-order chi connectivity index (χ0) is 13.6. The van der Waals surface area contributed by atoms with Gasteiger partial charge in [-0.3, -0.25) is 14.9 Å². The molecule has 2 aromatic rings. The first kappa shape index (κ1) is 11.6. The molecule has 96 valence electrons. The van der Waals surface area contributed by atoms with Gasteiger partial charge in [-0.15, -0.1) is 0 Å². The molecule has 1 heterocycles. The standard InChI is InChI=1S/C13H9NO5/c15-11-3-1-2-8-10-6-7(14(17)18)4-5-9(10)13(16)19-12(8)11/h4-6H,1-3H2. The van der Waals surface area contributed by atoms with Crippen LogP contribution in [0.25, 0.3) is 10.8 Å². The summed E-state index contributed by atoms with van der Waals surface area (Å²) in [5.74, 6) is -0.156. The monoisotopic (exact) mass is 259 g/mol. The molecule has 0 bridgehead atoms. The summed E-state index contributed by atoms with van der Waals surface area (Å²) in [6.07, 6.45) is 1.59. The minimum Gasteiger partial charge on any atom is -0.419 e. The van der Waals surface area contributed by atoms with Crippen LogP contribution in [0.3, 0.4) is 0 Å². The van der Waals surface area contributed by atoms with E-state index in [-0.39, 0.29) is 22.6 Å². The summed E-state index contributed by atoms with van der Waals surface area (Å²) in [6, 6.07) is 3.97. The molecule has 6 nitrogen and oxygen atoms in total. The lowest BCUT2D eigenvalue weighted by molar-refractivity contribution is -0.384. The molecule has 0 saturated carbocycles. The number of Topliss-reactive ketones (excluding diaryl/α,β-unsaturated/α-hetero) is 1. The molecule has 1 aromatic heterocycles. The van der Waals surface area contributed by atoms with Gasteiger partial charge in [0.2, 0.25) is 0 Å². The summed E-state index contributed by atoms with van der Waals surface area (Å²) in [5.41, 5.74) is -0.119. The molecule has 0 saturated heterocycles. The first-order valence-corrected chi connectivity index (χ1v) is 5.85. The van der Waals surface area contributed by atoms with E-state index in [1.54, 1.807) is 0 Å². The molecule has 3 rings (SSSR count). The number of hydrogen-bond acceptors (Lipinski definition) is 5. The van der Waals surface area contributed by atoms with E-state index < -0.39 is 10.5 Å². The van der Waals surface area contributed by atoms with Crippen molar-refractivity contribution in [2.45, 2.75) is 19.3 Å². The van der Waals surface area contributed by atoms with Crippen LogP contribution >= 0.6 is 0 Å². The lowest BCUT2D eigenvalue weighted by atomic mass is 9.92. The lowest BCUT2D eigenvalue weighted by Gasteiger charge is -2.14. The van der Waals surface area contributed by atoms with Gasteiger partial charge in [-0.05, 0) is 18.9 Å². The molecule has 0 atom stereocenters. The van der Waals surface area contributed by atoms with Crippen LogP contribution in [0.5, 0.6) is 0 Å². The van der Waals surface area contributed by atoms with Crippen molar-refractivity contribution in [3.05, 3.63) is 50.1 Å². The maximum absolute atomic E-state index is 11.8. The number of fused-ring (bicyclic) bond motifs is 3. The topological polar surface area (TPSA) is 90.4 Å². The smallest absolute Gasteiger partial charge is 0.344 e. The number of non-ortho nitro benzene ring substituents is 1. The summed E-state index contributed by atoms with van der Waals surface area (Å²) >= 11 is 0. The van der Waals surface area contributed by atoms with Crippen LogP contribution in [0.1, 0.15) is 29.0 Å². The number of ketones is 1. The van der Waals surface area contributed by atoms with Gasteiger partial charge in [-0.25, -0.2) is 4.79 Å². The first-order chi connectivity index (χ1) is 9.08. The summed E-state index contributed by atoms with van der Waals surface area (Å²) in [4.78, 5) is 33.8. The Bertz CT molecular complexity index is 774. The van der Waals surface area contributed by atoms with E-state index in [0.29, 0.717) is 30.2 Å². The molecule has 0 unspecified atom stereocenters. The second-order valence-corrected chi connectivity index (χ2v) is 4.46. The van der Waals surface area contributed by atoms with Crippen LogP contribution in [0, 0.1) is 10.1 Å². The Morgan fingerprint density at radius 2 is 1.95 bits per heavy atom. The van der Waals surface area contributed by atoms with Crippen LogP contribution < -0.4 is 5.63 Å². The number of nitro groups is 1. The van der Waals surface area contributed by atoms with E-state index in [1.807, 2.05) is 0 Å². The van der Waals surface area contributed by atoms with E-state index in [9.17, 15) is 19.7 Å². The molecule has 0 radical (unpaired) electrons. The van der Waals surface area contributed by atoms with E-state index in [4.69, 9.17) is 4.42 Å². The van der Waals surface area contributed by atoms with Gasteiger partial charge in [0.1, 0.15) is 0 Å². The van der Waals surface area contributed by atoms with E-state index in [1.165, 1.54) is 18.2 Å². The maximum atomic E-state index is 11.8. The minimum absolute atomic E-state index is 0.0595. The van der Waals surface area contributed by atoms with Crippen molar-refractivity contribution in [3.8, 4) is 0 Å². The van der Waals surface area contributed by atoms with Gasteiger partial charge in [0.05, 0.1) is 10.3 Å². The Labute approximate surface area is 106 Å². The zero-order valence-corrected chi connectivity index (χ0v) is 9.84. The van der Waals surface area contributed by atoms with Crippen molar-refractivity contribution < 1.29 is 14.1 Å². The van der Waals surface area contributed by atoms with Gasteiger partial charge < -0.3 is 4.42 Å². The van der Waals surface area contributed by atoms with Crippen molar-refractivity contribution in [2.24, 2.45) is 0 Å². The SMILES string of the molecule is O=C1CCCc2c1oc(=O)c1ccc([N+](=O)[O-])cc21. The third kappa shape index (κ3) is 1.72. The zero-order valence-electron chi connectivity index (χ0n) is 9.84. The van der Waals surface area contributed by atoms with Gasteiger partial charge >= 0.3 is 5.63 Å². The summed E-state index contributed by atoms with van der Waals surface area (Å²) in [5, 5.41) is 11.5. The predicted molar refractivity (Wildman–Crippen MR) is 66.4 cm³/mol. The maximum Gasteiger partial charge on any atom is 0.344 e. The molecule has 0 N–H and O–H groups in total. The van der Waals surface area contributed by atoms with Gasteiger partial charge in [0.15, 0.2) is 11.5 Å². The second-order valence-electron chi connectivity index (χ2n) is 4.46. The summed E-state index contributed by atoms with van der Waals surface area (Å²) < 4.78 is 5.05. The van der Waals surface area contributed by atoms with Crippen molar-refractivity contribution >= 4 is 22.2 Å². The highest BCUT2D eigenvalue weighted by molar-refractivity contribution is 6.00. The molecule has 1 aliphatic rings. The quantitative estimate of drug-likeness (QED) is 0.578. The Hall–Kier alpha value is -2.50. The Morgan fingerprint density at radius 1 is 1.16 bits per heavy atom. The highest BCUT2D eigenvalue weighted by Crippen LogP contribution is 2.29. The van der Waals surface area contributed by atoms with Gasteiger partial charge in [0, 0.05) is 29.5 Å². The molecule has 1 aliphatic carbocycles. The van der Waals surface area contributed by atoms with Crippen LogP contribution in [0.4, 0.5) is 5.69 Å². The minimum atomic E-state index is -0.626. The number of carbonyl (C=O) groups is 1. The Morgan fingerprint density at radius 3 is 2.68 bits per heavy atom. The van der Waals surface area contributed by atoms with Gasteiger partial charge in [-0.1, -0.05) is 0 Å². The van der Waals surface area contributed by atoms with Crippen molar-refractivity contribution in [1.29, 1.82) is 0 Å². The van der Waals surface area contributed by atoms with E-state index >= 15 is 0 Å². The van der Waals surface area contributed by atoms with Crippen LogP contribution in [-0.2, 0) is 6.42 Å². The largest absolute Gasteiger partial charge is 0.419 e. The molecular weight excluding hydrogens is 250 g/mol. The Balaban J connectivity index is 2.42.